The molecule has 0 radical (unpaired) electrons. The highest BCUT2D eigenvalue weighted by atomic mass is 16.5. The molecule has 27 heavy (non-hydrogen) atoms. The lowest BCUT2D eigenvalue weighted by molar-refractivity contribution is -0.136. The van der Waals surface area contributed by atoms with Crippen LogP contribution < -0.4 is 4.74 Å². The molecule has 3 N–H and O–H groups in total. The summed E-state index contributed by atoms with van der Waals surface area (Å²) >= 11 is 0. The Hall–Kier alpha value is -1.85. The number of ether oxygens (including phenoxy) is 1. The molecule has 1 aromatic carbocycles. The Balaban J connectivity index is 1.73. The Labute approximate surface area is 160 Å². The summed E-state index contributed by atoms with van der Waals surface area (Å²) in [4.78, 5) is 10.9. The van der Waals surface area contributed by atoms with Crippen molar-refractivity contribution in [1.82, 2.24) is 0 Å². The normalized spacial score (nSPS) is 27.4. The number of rotatable bonds is 9. The third kappa shape index (κ3) is 4.53. The average molecular weight is 374 g/mol. The zero-order valence-corrected chi connectivity index (χ0v) is 15.9. The van der Waals surface area contributed by atoms with Crippen LogP contribution in [0.1, 0.15) is 62.5 Å². The van der Waals surface area contributed by atoms with Crippen molar-refractivity contribution in [3.63, 3.8) is 0 Å². The third-order valence-corrected chi connectivity index (χ3v) is 5.76. The molecule has 1 fully saturated rings. The van der Waals surface area contributed by atoms with Crippen LogP contribution in [0, 0.1) is 5.92 Å². The van der Waals surface area contributed by atoms with Crippen LogP contribution in [0.2, 0.25) is 0 Å². The fraction of sp³-hybridized carbons (Fsp3) is 0.591. The highest BCUT2D eigenvalue weighted by Crippen LogP contribution is 2.52. The van der Waals surface area contributed by atoms with Crippen LogP contribution in [0.15, 0.2) is 30.4 Å². The molecule has 1 unspecified atom stereocenters. The number of hydrogen-bond donors (Lipinski definition) is 3. The first-order valence-electron chi connectivity index (χ1n) is 10.1. The molecular weight excluding hydrogens is 344 g/mol. The molecule has 1 aromatic rings. The SMILES string of the molecule is CCCCC[C@H](O)/C=C/C1[C@H](O)C[C@@H]2Oc3c(CCC(=O)O)cccc3[C@H]12. The first-order valence-corrected chi connectivity index (χ1v) is 10.1. The summed E-state index contributed by atoms with van der Waals surface area (Å²) in [5.41, 5.74) is 1.97. The summed E-state index contributed by atoms with van der Waals surface area (Å²) in [5.74, 6) is -0.0627. The Morgan fingerprint density at radius 3 is 2.93 bits per heavy atom. The van der Waals surface area contributed by atoms with Gasteiger partial charge in [-0.3, -0.25) is 4.79 Å². The molecule has 148 valence electrons. The Morgan fingerprint density at radius 2 is 2.19 bits per heavy atom. The molecule has 0 saturated heterocycles. The molecular formula is C22H30O5. The second-order valence-corrected chi connectivity index (χ2v) is 7.74. The van der Waals surface area contributed by atoms with Crippen molar-refractivity contribution in [1.29, 1.82) is 0 Å². The summed E-state index contributed by atoms with van der Waals surface area (Å²) in [6.45, 7) is 2.14. The van der Waals surface area contributed by atoms with Crippen molar-refractivity contribution in [2.45, 2.75) is 76.1 Å². The van der Waals surface area contributed by atoms with Crippen LogP contribution in [0.4, 0.5) is 0 Å². The molecule has 0 spiro atoms. The van der Waals surface area contributed by atoms with E-state index in [1.54, 1.807) is 0 Å². The molecule has 5 heteroatoms. The van der Waals surface area contributed by atoms with E-state index >= 15 is 0 Å². The van der Waals surface area contributed by atoms with Crippen molar-refractivity contribution < 1.29 is 24.9 Å². The van der Waals surface area contributed by atoms with Gasteiger partial charge >= 0.3 is 5.97 Å². The number of aliphatic carboxylic acids is 1. The zero-order chi connectivity index (χ0) is 19.4. The van der Waals surface area contributed by atoms with E-state index < -0.39 is 18.2 Å². The van der Waals surface area contributed by atoms with Gasteiger partial charge in [-0.25, -0.2) is 0 Å². The van der Waals surface area contributed by atoms with E-state index in [-0.39, 0.29) is 24.4 Å². The average Bonchev–Trinajstić information content (AvgIpc) is 3.13. The minimum atomic E-state index is -0.820. The number of aryl methyl sites for hydroxylation is 1. The van der Waals surface area contributed by atoms with Gasteiger partial charge < -0.3 is 20.1 Å². The third-order valence-electron chi connectivity index (χ3n) is 5.76. The summed E-state index contributed by atoms with van der Waals surface area (Å²) in [6, 6.07) is 5.87. The molecule has 1 aliphatic carbocycles. The van der Waals surface area contributed by atoms with E-state index in [2.05, 4.69) is 6.92 Å². The highest BCUT2D eigenvalue weighted by molar-refractivity contribution is 5.67. The summed E-state index contributed by atoms with van der Waals surface area (Å²) in [6.07, 6.45) is 7.76. The van der Waals surface area contributed by atoms with E-state index in [1.807, 2.05) is 30.4 Å². The number of aliphatic hydroxyl groups excluding tert-OH is 2. The predicted octanol–water partition coefficient (Wildman–Crippen LogP) is 3.43. The fourth-order valence-electron chi connectivity index (χ4n) is 4.36. The Kier molecular flexibility index (Phi) is 6.55. The van der Waals surface area contributed by atoms with Crippen molar-refractivity contribution in [3.05, 3.63) is 41.5 Å². The molecule has 1 heterocycles. The van der Waals surface area contributed by atoms with Crippen LogP contribution in [-0.2, 0) is 11.2 Å². The molecule has 0 amide bonds. The number of aliphatic hydroxyl groups is 2. The summed E-state index contributed by atoms with van der Waals surface area (Å²) in [7, 11) is 0. The van der Waals surface area contributed by atoms with Gasteiger partial charge in [-0.15, -0.1) is 0 Å². The van der Waals surface area contributed by atoms with E-state index in [4.69, 9.17) is 9.84 Å². The monoisotopic (exact) mass is 374 g/mol. The van der Waals surface area contributed by atoms with E-state index in [1.165, 1.54) is 0 Å². The Morgan fingerprint density at radius 1 is 1.37 bits per heavy atom. The number of fused-ring (bicyclic) bond motifs is 3. The minimum Gasteiger partial charge on any atom is -0.489 e. The number of carbonyl (C=O) groups is 1. The minimum absolute atomic E-state index is 0.0545. The molecule has 0 aromatic heterocycles. The zero-order valence-electron chi connectivity index (χ0n) is 15.9. The Bertz CT molecular complexity index is 683. The van der Waals surface area contributed by atoms with Gasteiger partial charge in [0, 0.05) is 30.2 Å². The molecule has 0 bridgehead atoms. The number of para-hydroxylation sites is 1. The number of carboxylic acid groups (broad SMARTS) is 1. The van der Waals surface area contributed by atoms with E-state index in [0.717, 1.165) is 42.6 Å². The highest BCUT2D eigenvalue weighted by Gasteiger charge is 2.48. The predicted molar refractivity (Wildman–Crippen MR) is 103 cm³/mol. The van der Waals surface area contributed by atoms with E-state index in [9.17, 15) is 15.0 Å². The van der Waals surface area contributed by atoms with Crippen LogP contribution in [0.25, 0.3) is 0 Å². The number of unbranched alkanes of at least 4 members (excludes halogenated alkanes) is 2. The quantitative estimate of drug-likeness (QED) is 0.455. The molecule has 1 aliphatic heterocycles. The standard InChI is InChI=1S/C22H30O5/c1-2-3-4-7-15(23)10-11-16-18(24)13-19-21(16)17-8-5-6-14(22(17)27-19)9-12-20(25)26/h5-6,8,10-11,15-16,18-19,21,23-24H,2-4,7,9,12-13H2,1H3,(H,25,26)/b11-10+/t15-,16?,18+,19-,21-/m0/s1. The van der Waals surface area contributed by atoms with Crippen LogP contribution in [0.5, 0.6) is 5.75 Å². The van der Waals surface area contributed by atoms with Gasteiger partial charge in [0.25, 0.3) is 0 Å². The molecule has 5 nitrogen and oxygen atoms in total. The molecule has 2 aliphatic rings. The van der Waals surface area contributed by atoms with Gasteiger partial charge in [0.1, 0.15) is 11.9 Å². The van der Waals surface area contributed by atoms with Gasteiger partial charge in [-0.2, -0.15) is 0 Å². The van der Waals surface area contributed by atoms with Gasteiger partial charge in [0.15, 0.2) is 0 Å². The smallest absolute Gasteiger partial charge is 0.303 e. The summed E-state index contributed by atoms with van der Waals surface area (Å²) in [5, 5.41) is 29.6. The van der Waals surface area contributed by atoms with Crippen LogP contribution in [-0.4, -0.2) is 39.6 Å². The number of hydrogen-bond acceptors (Lipinski definition) is 4. The van der Waals surface area contributed by atoms with Gasteiger partial charge in [0.2, 0.25) is 0 Å². The maximum atomic E-state index is 10.9. The largest absolute Gasteiger partial charge is 0.489 e. The van der Waals surface area contributed by atoms with Crippen LogP contribution >= 0.6 is 0 Å². The van der Waals surface area contributed by atoms with Crippen molar-refractivity contribution in [2.24, 2.45) is 5.92 Å². The lowest BCUT2D eigenvalue weighted by Gasteiger charge is -2.18. The van der Waals surface area contributed by atoms with Crippen LogP contribution in [0.3, 0.4) is 0 Å². The first kappa shape index (κ1) is 19.9. The number of carboxylic acids is 1. The second-order valence-electron chi connectivity index (χ2n) is 7.74. The van der Waals surface area contributed by atoms with E-state index in [0.29, 0.717) is 12.8 Å². The van der Waals surface area contributed by atoms with Crippen molar-refractivity contribution >= 4 is 5.97 Å². The fourth-order valence-corrected chi connectivity index (χ4v) is 4.36. The maximum absolute atomic E-state index is 10.9. The second kappa shape index (κ2) is 8.89. The lowest BCUT2D eigenvalue weighted by atomic mass is 9.86. The van der Waals surface area contributed by atoms with Gasteiger partial charge in [-0.05, 0) is 18.4 Å². The maximum Gasteiger partial charge on any atom is 0.303 e. The van der Waals surface area contributed by atoms with Gasteiger partial charge in [0.05, 0.1) is 12.2 Å². The molecule has 5 atom stereocenters. The lowest BCUT2D eigenvalue weighted by Crippen LogP contribution is -2.17. The first-order chi connectivity index (χ1) is 13.0. The van der Waals surface area contributed by atoms with Gasteiger partial charge in [-0.1, -0.05) is 56.5 Å². The molecule has 1 saturated carbocycles. The van der Waals surface area contributed by atoms with Crippen molar-refractivity contribution in [3.8, 4) is 5.75 Å². The summed E-state index contributed by atoms with van der Waals surface area (Å²) < 4.78 is 6.13. The van der Waals surface area contributed by atoms with Crippen molar-refractivity contribution in [2.75, 3.05) is 0 Å². The molecule has 3 rings (SSSR count). The number of benzene rings is 1. The topological polar surface area (TPSA) is 87.0 Å².